The molecule has 1 aromatic heterocycles. The van der Waals surface area contributed by atoms with E-state index in [9.17, 15) is 13.2 Å². The Morgan fingerprint density at radius 3 is 2.46 bits per heavy atom. The zero-order valence-electron chi connectivity index (χ0n) is 20.0. The molecule has 1 atom stereocenters. The molecule has 9 nitrogen and oxygen atoms in total. The first-order valence-corrected chi connectivity index (χ1v) is 14.2. The number of piperidine rings is 1. The maximum atomic E-state index is 12.9. The van der Waals surface area contributed by atoms with E-state index < -0.39 is 10.0 Å². The van der Waals surface area contributed by atoms with Crippen LogP contribution < -0.4 is 9.46 Å². The molecule has 11 heteroatoms. The van der Waals surface area contributed by atoms with E-state index in [4.69, 9.17) is 4.74 Å². The van der Waals surface area contributed by atoms with Crippen molar-refractivity contribution in [2.75, 3.05) is 30.4 Å². The third-order valence-electron chi connectivity index (χ3n) is 5.86. The van der Waals surface area contributed by atoms with E-state index in [0.717, 1.165) is 49.1 Å². The lowest BCUT2D eigenvalue weighted by atomic mass is 10.0. The lowest BCUT2D eigenvalue weighted by molar-refractivity contribution is -0.131. The molecule has 1 fully saturated rings. The highest BCUT2D eigenvalue weighted by atomic mass is 32.2. The van der Waals surface area contributed by atoms with Crippen molar-refractivity contribution in [3.05, 3.63) is 48.5 Å². The van der Waals surface area contributed by atoms with Crippen molar-refractivity contribution < 1.29 is 17.9 Å². The van der Waals surface area contributed by atoms with Gasteiger partial charge >= 0.3 is 0 Å². The van der Waals surface area contributed by atoms with Crippen LogP contribution in [0.2, 0.25) is 0 Å². The summed E-state index contributed by atoms with van der Waals surface area (Å²) >= 11 is 1.36. The molecule has 1 N–H and O–H groups in total. The number of ether oxygens (including phenoxy) is 1. The molecule has 0 spiro atoms. The number of aromatic nitrogens is 3. The van der Waals surface area contributed by atoms with Crippen molar-refractivity contribution in [1.29, 1.82) is 0 Å². The smallest absolute Gasteiger partial charge is 0.233 e. The normalized spacial score (nSPS) is 16.2. The Morgan fingerprint density at radius 1 is 1.11 bits per heavy atom. The summed E-state index contributed by atoms with van der Waals surface area (Å²) in [7, 11) is -1.76. The van der Waals surface area contributed by atoms with Crippen molar-refractivity contribution in [2.45, 2.75) is 37.4 Å². The Hall–Kier alpha value is -3.05. The molecular formula is C24H29N5O4S2. The summed E-state index contributed by atoms with van der Waals surface area (Å²) in [5.41, 5.74) is 2.04. The second kappa shape index (κ2) is 10.7. The van der Waals surface area contributed by atoms with Gasteiger partial charge in [-0.05, 0) is 74.7 Å². The molecular weight excluding hydrogens is 486 g/mol. The highest BCUT2D eigenvalue weighted by molar-refractivity contribution is 7.99. The van der Waals surface area contributed by atoms with Crippen LogP contribution in [0.4, 0.5) is 5.69 Å². The van der Waals surface area contributed by atoms with Gasteiger partial charge in [0.2, 0.25) is 15.9 Å². The Balaban J connectivity index is 1.63. The van der Waals surface area contributed by atoms with Crippen molar-refractivity contribution >= 4 is 33.4 Å². The number of nitrogens with zero attached hydrogens (tertiary/aromatic N) is 4. The molecule has 4 rings (SSSR count). The van der Waals surface area contributed by atoms with Crippen LogP contribution in [0.3, 0.4) is 0 Å². The number of nitrogens with one attached hydrogen (secondary N) is 1. The van der Waals surface area contributed by atoms with Crippen LogP contribution >= 0.6 is 11.8 Å². The number of likely N-dealkylation sites (tertiary alicyclic amines) is 1. The number of carbonyl (C=O) groups is 1. The fourth-order valence-electron chi connectivity index (χ4n) is 4.09. The van der Waals surface area contributed by atoms with Crippen LogP contribution in [-0.2, 0) is 14.8 Å². The topological polar surface area (TPSA) is 106 Å². The van der Waals surface area contributed by atoms with Crippen LogP contribution in [0, 0.1) is 0 Å². The number of sulfonamides is 1. The minimum absolute atomic E-state index is 0.101. The number of rotatable bonds is 8. The number of hydrogen-bond acceptors (Lipinski definition) is 7. The maximum absolute atomic E-state index is 12.9. The SMILES string of the molecule is COc1ccc(-n2c(SCC(=O)N3CCCCC3C)nnc2-c2ccc(NS(C)(=O)=O)cc2)cc1. The number of anilines is 1. The van der Waals surface area contributed by atoms with E-state index in [1.807, 2.05) is 33.7 Å². The van der Waals surface area contributed by atoms with Gasteiger partial charge in [0.15, 0.2) is 11.0 Å². The number of carbonyl (C=O) groups excluding carboxylic acids is 1. The van der Waals surface area contributed by atoms with Crippen molar-refractivity contribution in [2.24, 2.45) is 0 Å². The van der Waals surface area contributed by atoms with Gasteiger partial charge in [0, 0.05) is 29.5 Å². The highest BCUT2D eigenvalue weighted by Gasteiger charge is 2.24. The molecule has 2 heterocycles. The molecule has 1 aliphatic rings. The van der Waals surface area contributed by atoms with Crippen molar-refractivity contribution in [3.63, 3.8) is 0 Å². The zero-order chi connectivity index (χ0) is 25.0. The molecule has 186 valence electrons. The number of thioether (sulfide) groups is 1. The van der Waals surface area contributed by atoms with Crippen molar-refractivity contribution in [1.82, 2.24) is 19.7 Å². The molecule has 1 amide bonds. The van der Waals surface area contributed by atoms with Gasteiger partial charge in [0.05, 0.1) is 19.1 Å². The van der Waals surface area contributed by atoms with Gasteiger partial charge < -0.3 is 9.64 Å². The molecule has 0 aliphatic carbocycles. The maximum Gasteiger partial charge on any atom is 0.233 e. The summed E-state index contributed by atoms with van der Waals surface area (Å²) in [5, 5.41) is 9.40. The fourth-order valence-corrected chi connectivity index (χ4v) is 5.50. The zero-order valence-corrected chi connectivity index (χ0v) is 21.6. The largest absolute Gasteiger partial charge is 0.497 e. The fraction of sp³-hybridized carbons (Fsp3) is 0.375. The molecule has 1 saturated heterocycles. The summed E-state index contributed by atoms with van der Waals surface area (Å²) in [6.07, 6.45) is 4.34. The Labute approximate surface area is 209 Å². The molecule has 2 aromatic carbocycles. The third kappa shape index (κ3) is 6.15. The summed E-state index contributed by atoms with van der Waals surface area (Å²) in [4.78, 5) is 14.9. The predicted molar refractivity (Wildman–Crippen MR) is 138 cm³/mol. The highest BCUT2D eigenvalue weighted by Crippen LogP contribution is 2.30. The first-order chi connectivity index (χ1) is 16.7. The van der Waals surface area contributed by atoms with Crippen LogP contribution in [0.1, 0.15) is 26.2 Å². The minimum Gasteiger partial charge on any atom is -0.497 e. The summed E-state index contributed by atoms with van der Waals surface area (Å²) in [5.74, 6) is 1.69. The van der Waals surface area contributed by atoms with Crippen LogP contribution in [0.15, 0.2) is 53.7 Å². The lowest BCUT2D eigenvalue weighted by Gasteiger charge is -2.33. The molecule has 0 saturated carbocycles. The number of benzene rings is 2. The first-order valence-electron chi connectivity index (χ1n) is 11.4. The quantitative estimate of drug-likeness (QED) is 0.455. The number of hydrogen-bond donors (Lipinski definition) is 1. The summed E-state index contributed by atoms with van der Waals surface area (Å²) in [6, 6.07) is 14.7. The second-order valence-electron chi connectivity index (χ2n) is 8.51. The minimum atomic E-state index is -3.37. The number of methoxy groups -OCH3 is 1. The Bertz CT molecular complexity index is 1270. The van der Waals surface area contributed by atoms with E-state index in [0.29, 0.717) is 16.7 Å². The molecule has 1 aliphatic heterocycles. The van der Waals surface area contributed by atoms with Crippen LogP contribution in [0.5, 0.6) is 5.75 Å². The molecule has 3 aromatic rings. The van der Waals surface area contributed by atoms with Gasteiger partial charge in [-0.2, -0.15) is 0 Å². The average Bonchev–Trinajstić information content (AvgIpc) is 3.26. The van der Waals surface area contributed by atoms with E-state index in [1.54, 1.807) is 31.4 Å². The van der Waals surface area contributed by atoms with Gasteiger partial charge in [-0.25, -0.2) is 8.42 Å². The van der Waals surface area contributed by atoms with Gasteiger partial charge in [-0.15, -0.1) is 10.2 Å². The first kappa shape index (κ1) is 25.1. The van der Waals surface area contributed by atoms with E-state index in [-0.39, 0.29) is 17.7 Å². The van der Waals surface area contributed by atoms with Crippen LogP contribution in [-0.4, -0.2) is 65.7 Å². The van der Waals surface area contributed by atoms with Gasteiger partial charge in [0.25, 0.3) is 0 Å². The molecule has 1 unspecified atom stereocenters. The van der Waals surface area contributed by atoms with Crippen LogP contribution in [0.25, 0.3) is 17.1 Å². The Kier molecular flexibility index (Phi) is 7.66. The monoisotopic (exact) mass is 515 g/mol. The van der Waals surface area contributed by atoms with Gasteiger partial charge in [-0.3, -0.25) is 14.1 Å². The number of amides is 1. The van der Waals surface area contributed by atoms with E-state index in [2.05, 4.69) is 21.8 Å². The standard InChI is InChI=1S/C24H29N5O4S2/c1-17-6-4-5-15-28(17)22(30)16-34-24-26-25-23(29(24)20-11-13-21(33-2)14-12-20)18-7-9-19(10-8-18)27-35(3,31)32/h7-14,17,27H,4-6,15-16H2,1-3H3. The Morgan fingerprint density at radius 2 is 1.83 bits per heavy atom. The second-order valence-corrected chi connectivity index (χ2v) is 11.2. The molecule has 35 heavy (non-hydrogen) atoms. The summed E-state index contributed by atoms with van der Waals surface area (Å²) in [6.45, 7) is 2.90. The van der Waals surface area contributed by atoms with Gasteiger partial charge in [-0.1, -0.05) is 11.8 Å². The molecule has 0 bridgehead atoms. The van der Waals surface area contributed by atoms with E-state index in [1.165, 1.54) is 11.8 Å². The lowest BCUT2D eigenvalue weighted by Crippen LogP contribution is -2.42. The molecule has 0 radical (unpaired) electrons. The van der Waals surface area contributed by atoms with Gasteiger partial charge in [0.1, 0.15) is 5.75 Å². The average molecular weight is 516 g/mol. The van der Waals surface area contributed by atoms with Crippen molar-refractivity contribution in [3.8, 4) is 22.8 Å². The van der Waals surface area contributed by atoms with E-state index >= 15 is 0 Å². The summed E-state index contributed by atoms with van der Waals surface area (Å²) < 4.78 is 32.7. The third-order valence-corrected chi connectivity index (χ3v) is 7.38. The predicted octanol–water partition coefficient (Wildman–Crippen LogP) is 3.81.